The molecule has 3 aromatic carbocycles. The number of hydrogen-bond donors (Lipinski definition) is 1. The van der Waals surface area contributed by atoms with E-state index in [4.69, 9.17) is 16.3 Å². The molecule has 3 atom stereocenters. The number of halogens is 1. The molecule has 6 rings (SSSR count). The second-order valence-electron chi connectivity index (χ2n) is 8.55. The molecule has 1 aromatic heterocycles. The minimum Gasteiger partial charge on any atom is -0.489 e. The van der Waals surface area contributed by atoms with E-state index in [1.807, 2.05) is 36.4 Å². The number of nitrogens with one attached hydrogen (secondary N) is 1. The monoisotopic (exact) mass is 534 g/mol. The molecule has 6 nitrogen and oxygen atoms in total. The largest absolute Gasteiger partial charge is 0.489 e. The molecule has 3 unspecified atom stereocenters. The molecule has 4 aromatic rings. The first-order chi connectivity index (χ1) is 17.5. The van der Waals surface area contributed by atoms with Crippen molar-refractivity contribution in [2.45, 2.75) is 22.8 Å². The standard InChI is InChI=1S/C27H19ClN2O4S2/c28-16-11-12-19(34-14-15-7-3-1-4-8-15)18(13-16)20-21-23(35-24-22(20)36-27(33)29-24)26(32)30(25(21)31)17-9-5-2-6-10-17/h1-13,20-21,23H,14H2,(H,29,33). The summed E-state index contributed by atoms with van der Waals surface area (Å²) in [6.07, 6.45) is 0. The Balaban J connectivity index is 1.46. The van der Waals surface area contributed by atoms with Crippen LogP contribution in [0.2, 0.25) is 5.02 Å². The first kappa shape index (κ1) is 23.1. The molecule has 3 heterocycles. The fourth-order valence-corrected chi connectivity index (χ4v) is 7.50. The zero-order valence-corrected chi connectivity index (χ0v) is 21.1. The lowest BCUT2D eigenvalue weighted by Crippen LogP contribution is -2.32. The predicted molar refractivity (Wildman–Crippen MR) is 141 cm³/mol. The van der Waals surface area contributed by atoms with Crippen molar-refractivity contribution in [1.29, 1.82) is 0 Å². The second-order valence-corrected chi connectivity index (χ2v) is 11.2. The summed E-state index contributed by atoms with van der Waals surface area (Å²) in [5.74, 6) is -1.31. The van der Waals surface area contributed by atoms with E-state index in [1.165, 1.54) is 16.7 Å². The zero-order chi connectivity index (χ0) is 24.8. The lowest BCUT2D eigenvalue weighted by atomic mass is 9.82. The molecule has 1 fully saturated rings. The third-order valence-corrected chi connectivity index (χ3v) is 9.02. The molecule has 180 valence electrons. The average Bonchev–Trinajstić information content (AvgIpc) is 3.38. The Labute approximate surface area is 219 Å². The molecule has 2 amide bonds. The molecule has 2 aliphatic heterocycles. The summed E-state index contributed by atoms with van der Waals surface area (Å²) in [7, 11) is 0. The Morgan fingerprint density at radius 1 is 0.917 bits per heavy atom. The average molecular weight is 535 g/mol. The van der Waals surface area contributed by atoms with E-state index < -0.39 is 17.1 Å². The van der Waals surface area contributed by atoms with Crippen molar-refractivity contribution < 1.29 is 14.3 Å². The highest BCUT2D eigenvalue weighted by atomic mass is 35.5. The number of benzene rings is 3. The molecule has 0 spiro atoms. The van der Waals surface area contributed by atoms with Crippen LogP contribution in [0.3, 0.4) is 0 Å². The van der Waals surface area contributed by atoms with Crippen LogP contribution in [0.5, 0.6) is 5.75 Å². The number of para-hydroxylation sites is 1. The summed E-state index contributed by atoms with van der Waals surface area (Å²) in [6.45, 7) is 0.324. The van der Waals surface area contributed by atoms with Gasteiger partial charge in [-0.15, -0.1) is 0 Å². The number of carbonyl (C=O) groups excluding carboxylic acids is 2. The number of hydrogen-bond acceptors (Lipinski definition) is 6. The van der Waals surface area contributed by atoms with Crippen molar-refractivity contribution in [1.82, 2.24) is 4.98 Å². The number of ether oxygens (including phenoxy) is 1. The van der Waals surface area contributed by atoms with Crippen LogP contribution < -0.4 is 14.5 Å². The smallest absolute Gasteiger partial charge is 0.305 e. The fourth-order valence-electron chi connectivity index (χ4n) is 4.81. The minimum absolute atomic E-state index is 0.230. The summed E-state index contributed by atoms with van der Waals surface area (Å²) in [5, 5.41) is 0.413. The number of anilines is 1. The SMILES string of the molecule is O=C1C2Sc3[nH]c(=O)sc3C(c3cc(Cl)ccc3OCc3ccccc3)C2C(=O)N1c1ccccc1. The topological polar surface area (TPSA) is 79.5 Å². The van der Waals surface area contributed by atoms with Crippen LogP contribution in [0.25, 0.3) is 0 Å². The molecule has 2 aliphatic rings. The van der Waals surface area contributed by atoms with Crippen LogP contribution >= 0.6 is 34.7 Å². The molecular weight excluding hydrogens is 516 g/mol. The maximum atomic E-state index is 13.9. The van der Waals surface area contributed by atoms with Gasteiger partial charge in [0.2, 0.25) is 11.8 Å². The van der Waals surface area contributed by atoms with Crippen molar-refractivity contribution in [2.24, 2.45) is 5.92 Å². The van der Waals surface area contributed by atoms with E-state index in [0.717, 1.165) is 16.9 Å². The molecule has 0 saturated carbocycles. The molecule has 0 aliphatic carbocycles. The predicted octanol–water partition coefficient (Wildman–Crippen LogP) is 5.46. The van der Waals surface area contributed by atoms with Crippen molar-refractivity contribution in [3.05, 3.63) is 110 Å². The van der Waals surface area contributed by atoms with Gasteiger partial charge in [-0.3, -0.25) is 14.4 Å². The highest BCUT2D eigenvalue weighted by molar-refractivity contribution is 8.00. The fraction of sp³-hybridized carbons (Fsp3) is 0.148. The Morgan fingerprint density at radius 3 is 2.39 bits per heavy atom. The number of thioether (sulfide) groups is 1. The Morgan fingerprint density at radius 2 is 1.64 bits per heavy atom. The summed E-state index contributed by atoms with van der Waals surface area (Å²) >= 11 is 8.73. The number of thiazole rings is 1. The Bertz CT molecular complexity index is 1520. The highest BCUT2D eigenvalue weighted by Crippen LogP contribution is 2.54. The van der Waals surface area contributed by atoms with E-state index >= 15 is 0 Å². The van der Waals surface area contributed by atoms with E-state index in [1.54, 1.807) is 42.5 Å². The van der Waals surface area contributed by atoms with E-state index in [0.29, 0.717) is 38.5 Å². The molecule has 36 heavy (non-hydrogen) atoms. The van der Waals surface area contributed by atoms with Gasteiger partial charge < -0.3 is 9.72 Å². The van der Waals surface area contributed by atoms with Gasteiger partial charge in [0.25, 0.3) is 0 Å². The minimum atomic E-state index is -0.709. The number of carbonyl (C=O) groups is 2. The van der Waals surface area contributed by atoms with Gasteiger partial charge in [-0.25, -0.2) is 4.90 Å². The third kappa shape index (κ3) is 3.95. The number of rotatable bonds is 5. The van der Waals surface area contributed by atoms with Gasteiger partial charge in [0.15, 0.2) is 0 Å². The molecule has 1 saturated heterocycles. The molecule has 0 bridgehead atoms. The lowest BCUT2D eigenvalue weighted by molar-refractivity contribution is -0.122. The highest BCUT2D eigenvalue weighted by Gasteiger charge is 2.56. The first-order valence-corrected chi connectivity index (χ1v) is 13.4. The van der Waals surface area contributed by atoms with Crippen LogP contribution in [-0.2, 0) is 16.2 Å². The number of aromatic amines is 1. The maximum absolute atomic E-state index is 13.9. The summed E-state index contributed by atoms with van der Waals surface area (Å²) < 4.78 is 6.22. The van der Waals surface area contributed by atoms with Gasteiger partial charge in [0.05, 0.1) is 16.6 Å². The molecule has 9 heteroatoms. The van der Waals surface area contributed by atoms with Crippen LogP contribution in [0.1, 0.15) is 21.9 Å². The van der Waals surface area contributed by atoms with Crippen molar-refractivity contribution >= 4 is 52.2 Å². The lowest BCUT2D eigenvalue weighted by Gasteiger charge is -2.31. The van der Waals surface area contributed by atoms with Gasteiger partial charge in [-0.1, -0.05) is 83.2 Å². The number of H-pyrrole nitrogens is 1. The van der Waals surface area contributed by atoms with Crippen LogP contribution in [0, 0.1) is 5.92 Å². The van der Waals surface area contributed by atoms with E-state index in [9.17, 15) is 14.4 Å². The molecule has 0 radical (unpaired) electrons. The van der Waals surface area contributed by atoms with Crippen molar-refractivity contribution in [2.75, 3.05) is 4.90 Å². The third-order valence-electron chi connectivity index (χ3n) is 6.38. The number of fused-ring (bicyclic) bond motifs is 2. The number of imide groups is 1. The second kappa shape index (κ2) is 9.28. The first-order valence-electron chi connectivity index (χ1n) is 11.3. The summed E-state index contributed by atoms with van der Waals surface area (Å²) in [5.41, 5.74) is 2.20. The van der Waals surface area contributed by atoms with Gasteiger partial charge in [-0.05, 0) is 35.9 Å². The number of amides is 2. The summed E-state index contributed by atoms with van der Waals surface area (Å²) in [4.78, 5) is 44.4. The maximum Gasteiger partial charge on any atom is 0.305 e. The number of aromatic nitrogens is 1. The van der Waals surface area contributed by atoms with Gasteiger partial charge in [0, 0.05) is 21.4 Å². The van der Waals surface area contributed by atoms with Crippen LogP contribution in [0.15, 0.2) is 88.7 Å². The molecular formula is C27H19ClN2O4S2. The zero-order valence-electron chi connectivity index (χ0n) is 18.7. The van der Waals surface area contributed by atoms with E-state index in [2.05, 4.69) is 4.98 Å². The van der Waals surface area contributed by atoms with Crippen LogP contribution in [-0.4, -0.2) is 22.0 Å². The normalized spacial score (nSPS) is 20.8. The van der Waals surface area contributed by atoms with Gasteiger partial charge in [-0.2, -0.15) is 0 Å². The van der Waals surface area contributed by atoms with Crippen molar-refractivity contribution in [3.8, 4) is 5.75 Å². The Kier molecular flexibility index (Phi) is 5.95. The number of nitrogens with zero attached hydrogens (tertiary/aromatic N) is 1. The van der Waals surface area contributed by atoms with Crippen molar-refractivity contribution in [3.63, 3.8) is 0 Å². The van der Waals surface area contributed by atoms with E-state index in [-0.39, 0.29) is 16.7 Å². The van der Waals surface area contributed by atoms with Gasteiger partial charge in [0.1, 0.15) is 17.6 Å². The summed E-state index contributed by atoms with van der Waals surface area (Å²) in [6, 6.07) is 24.0. The molecule has 1 N–H and O–H groups in total. The quantitative estimate of drug-likeness (QED) is 0.344. The van der Waals surface area contributed by atoms with Crippen LogP contribution in [0.4, 0.5) is 5.69 Å². The van der Waals surface area contributed by atoms with Gasteiger partial charge >= 0.3 is 4.87 Å². The Hall–Kier alpha value is -3.33.